The molecule has 0 N–H and O–H groups in total. The summed E-state index contributed by atoms with van der Waals surface area (Å²) in [7, 11) is 0. The van der Waals surface area contributed by atoms with Gasteiger partial charge in [0.25, 0.3) is 0 Å². The molecule has 7 aromatic rings. The van der Waals surface area contributed by atoms with Crippen LogP contribution in [0, 0.1) is 38.8 Å². The van der Waals surface area contributed by atoms with E-state index in [1.165, 1.54) is 70.9 Å². The monoisotopic (exact) mass is 986 g/mol. The number of aryl methyl sites for hydroxylation is 3. The van der Waals surface area contributed by atoms with E-state index in [1.807, 2.05) is 12.3 Å². The second-order valence-corrected chi connectivity index (χ2v) is 19.4. The fourth-order valence-electron chi connectivity index (χ4n) is 9.60. The quantitative estimate of drug-likeness (QED) is 0.150. The molecule has 0 unspecified atom stereocenters. The molecule has 1 saturated carbocycles. The fraction of sp³-hybridized carbons (Fsp3) is 0.345. The van der Waals surface area contributed by atoms with Gasteiger partial charge in [0.2, 0.25) is 0 Å². The molecule has 0 spiro atoms. The van der Waals surface area contributed by atoms with E-state index in [1.54, 1.807) is 0 Å². The van der Waals surface area contributed by atoms with Gasteiger partial charge in [-0.25, -0.2) is 4.98 Å². The third-order valence-electron chi connectivity index (χ3n) is 12.7. The molecule has 314 valence electrons. The summed E-state index contributed by atoms with van der Waals surface area (Å²) in [4.78, 5) is 10.4. The Bertz CT molecular complexity index is 2740. The molecule has 9 rings (SSSR count). The second-order valence-electron chi connectivity index (χ2n) is 19.4. The van der Waals surface area contributed by atoms with E-state index in [2.05, 4.69) is 170 Å². The summed E-state index contributed by atoms with van der Waals surface area (Å²) < 4.78 is 16.2. The predicted octanol–water partition coefficient (Wildman–Crippen LogP) is 14.2. The van der Waals surface area contributed by atoms with Gasteiger partial charge in [-0.1, -0.05) is 144 Å². The molecule has 0 radical (unpaired) electrons. The maximum absolute atomic E-state index is 7.01. The Labute approximate surface area is 376 Å². The standard InChI is InChI=1S/C55H57N3O2.Pt/c1-34-25-35(2)49(36(3)26-34)39-27-40(53-57-50(37-17-12-10-13-18-37)51(60-53)38-19-14-11-15-20-38)29-44(28-39)59-45-31-42(55(7,8)9)30-43(33-45)58-48-23-22-41(54(4,5)6)32-47(48)46-21-16-24-56-52(46)58;/h11,14-16,19-28,30-32,37,50-51H,10,12-13,17-18H2,1-9H3;/q-2;+2/t50-,51-;/m1./s1. The molecule has 61 heavy (non-hydrogen) atoms. The van der Waals surface area contributed by atoms with Gasteiger partial charge < -0.3 is 14.0 Å². The van der Waals surface area contributed by atoms with Crippen molar-refractivity contribution in [1.29, 1.82) is 0 Å². The van der Waals surface area contributed by atoms with Gasteiger partial charge in [0.1, 0.15) is 17.6 Å². The van der Waals surface area contributed by atoms with Crippen molar-refractivity contribution >= 4 is 27.8 Å². The van der Waals surface area contributed by atoms with Gasteiger partial charge in [-0.2, -0.15) is 0 Å². The molecule has 2 atom stereocenters. The number of aliphatic imine (C=N–C) groups is 1. The minimum absolute atomic E-state index is 0. The number of pyridine rings is 1. The Morgan fingerprint density at radius 3 is 2.11 bits per heavy atom. The third kappa shape index (κ3) is 8.48. The van der Waals surface area contributed by atoms with Crippen LogP contribution in [0.3, 0.4) is 0 Å². The maximum atomic E-state index is 7.01. The molecular formula is C55H57N3O2Pt. The summed E-state index contributed by atoms with van der Waals surface area (Å²) in [5.41, 5.74) is 13.0. The number of ether oxygens (including phenoxy) is 2. The Morgan fingerprint density at radius 2 is 1.41 bits per heavy atom. The Hall–Kier alpha value is -4.99. The molecular weight excluding hydrogens is 930 g/mol. The van der Waals surface area contributed by atoms with Crippen molar-refractivity contribution in [3.05, 3.63) is 154 Å². The number of fused-ring (bicyclic) bond motifs is 3. The van der Waals surface area contributed by atoms with Crippen molar-refractivity contribution in [2.75, 3.05) is 0 Å². The molecule has 6 heteroatoms. The maximum Gasteiger partial charge on any atom is 2.00 e. The largest absolute Gasteiger partial charge is 2.00 e. The molecule has 1 fully saturated rings. The zero-order valence-electron chi connectivity index (χ0n) is 37.1. The number of benzene rings is 5. The first-order valence-corrected chi connectivity index (χ1v) is 21.8. The van der Waals surface area contributed by atoms with Gasteiger partial charge in [-0.05, 0) is 102 Å². The summed E-state index contributed by atoms with van der Waals surface area (Å²) in [5.74, 6) is 2.31. The van der Waals surface area contributed by atoms with E-state index in [0.29, 0.717) is 23.3 Å². The average molecular weight is 987 g/mol. The third-order valence-corrected chi connectivity index (χ3v) is 12.7. The first-order chi connectivity index (χ1) is 28.7. The van der Waals surface area contributed by atoms with Crippen LogP contribution >= 0.6 is 0 Å². The zero-order valence-corrected chi connectivity index (χ0v) is 39.3. The first kappa shape index (κ1) is 42.7. The van der Waals surface area contributed by atoms with Crippen LogP contribution in [0.15, 0.2) is 108 Å². The summed E-state index contributed by atoms with van der Waals surface area (Å²) in [6, 6.07) is 42.2. The average Bonchev–Trinajstić information content (AvgIpc) is 3.81. The number of aromatic nitrogens is 2. The normalized spacial score (nSPS) is 17.3. The molecule has 5 nitrogen and oxygen atoms in total. The van der Waals surface area contributed by atoms with Crippen LogP contribution in [0.1, 0.15) is 119 Å². The first-order valence-electron chi connectivity index (χ1n) is 21.8. The van der Waals surface area contributed by atoms with Crippen molar-refractivity contribution in [2.24, 2.45) is 10.9 Å². The zero-order chi connectivity index (χ0) is 41.9. The molecule has 0 amide bonds. The van der Waals surface area contributed by atoms with Crippen molar-refractivity contribution in [2.45, 2.75) is 117 Å². The van der Waals surface area contributed by atoms with Gasteiger partial charge in [0.05, 0.1) is 11.6 Å². The van der Waals surface area contributed by atoms with E-state index in [0.717, 1.165) is 38.9 Å². The minimum atomic E-state index is -0.173. The Balaban J connectivity index is 0.00000514. The van der Waals surface area contributed by atoms with Crippen molar-refractivity contribution in [3.8, 4) is 28.3 Å². The van der Waals surface area contributed by atoms with Crippen LogP contribution in [0.4, 0.5) is 0 Å². The van der Waals surface area contributed by atoms with Crippen LogP contribution in [-0.4, -0.2) is 21.5 Å². The molecule has 2 aliphatic rings. The summed E-state index contributed by atoms with van der Waals surface area (Å²) in [5, 5.41) is 2.29. The van der Waals surface area contributed by atoms with Gasteiger partial charge in [0, 0.05) is 28.5 Å². The second kappa shape index (κ2) is 16.7. The minimum Gasteiger partial charge on any atom is -0.510 e. The topological polar surface area (TPSA) is 48.6 Å². The van der Waals surface area contributed by atoms with E-state index < -0.39 is 0 Å². The fourth-order valence-corrected chi connectivity index (χ4v) is 9.60. The predicted molar refractivity (Wildman–Crippen MR) is 247 cm³/mol. The number of nitrogens with zero attached hydrogens (tertiary/aromatic N) is 3. The SMILES string of the molecule is Cc1cc(C)c(-c2cc(Oc3[c-]c(-n4c5ccc(C(C)(C)C)cc5c5cccnc54)cc(C(C)(C)C)c3)[c-]c(C3=N[C@H](C4CCCCC4)[C@@H](c4ccccc4)O3)c2)c(C)c1.[Pt+2]. The van der Waals surface area contributed by atoms with E-state index in [9.17, 15) is 0 Å². The molecule has 2 aromatic heterocycles. The molecule has 0 bridgehead atoms. The number of hydrogen-bond acceptors (Lipinski definition) is 4. The van der Waals surface area contributed by atoms with Crippen LogP contribution in [-0.2, 0) is 36.6 Å². The molecule has 3 heterocycles. The molecule has 5 aromatic carbocycles. The van der Waals surface area contributed by atoms with Gasteiger partial charge in [-0.15, -0.1) is 29.8 Å². The van der Waals surface area contributed by atoms with Crippen LogP contribution in [0.5, 0.6) is 11.5 Å². The number of hydrogen-bond donors (Lipinski definition) is 0. The van der Waals surface area contributed by atoms with Gasteiger partial charge >= 0.3 is 21.1 Å². The van der Waals surface area contributed by atoms with Crippen LogP contribution < -0.4 is 4.74 Å². The van der Waals surface area contributed by atoms with Crippen LogP contribution in [0.2, 0.25) is 0 Å². The van der Waals surface area contributed by atoms with Crippen molar-refractivity contribution in [1.82, 2.24) is 9.55 Å². The van der Waals surface area contributed by atoms with E-state index in [4.69, 9.17) is 19.5 Å². The van der Waals surface area contributed by atoms with E-state index in [-0.39, 0.29) is 44.0 Å². The molecule has 1 aliphatic heterocycles. The van der Waals surface area contributed by atoms with Gasteiger partial charge in [-0.3, -0.25) is 4.99 Å². The molecule has 1 aliphatic carbocycles. The summed E-state index contributed by atoms with van der Waals surface area (Å²) in [6.45, 7) is 20.0. The van der Waals surface area contributed by atoms with Gasteiger partial charge in [0.15, 0.2) is 0 Å². The summed E-state index contributed by atoms with van der Waals surface area (Å²) >= 11 is 0. The Morgan fingerprint density at radius 1 is 0.705 bits per heavy atom. The summed E-state index contributed by atoms with van der Waals surface area (Å²) in [6.07, 6.45) is 7.86. The van der Waals surface area contributed by atoms with Crippen molar-refractivity contribution < 1.29 is 30.5 Å². The number of rotatable bonds is 7. The smallest absolute Gasteiger partial charge is 0.510 e. The Kier molecular flexibility index (Phi) is 11.7. The van der Waals surface area contributed by atoms with E-state index >= 15 is 0 Å². The molecule has 0 saturated heterocycles. The van der Waals surface area contributed by atoms with Crippen LogP contribution in [0.25, 0.3) is 38.8 Å². The van der Waals surface area contributed by atoms with Crippen molar-refractivity contribution in [3.63, 3.8) is 0 Å².